The van der Waals surface area contributed by atoms with E-state index in [-0.39, 0.29) is 5.56 Å². The molecule has 0 spiro atoms. The molecule has 0 fully saturated rings. The Hall–Kier alpha value is -1.22. The van der Waals surface area contributed by atoms with E-state index in [1.807, 2.05) is 0 Å². The highest BCUT2D eigenvalue weighted by Gasteiger charge is 2.22. The molecule has 0 aliphatic heterocycles. The minimum atomic E-state index is -1.04. The second-order valence-corrected chi connectivity index (χ2v) is 3.09. The van der Waals surface area contributed by atoms with Crippen LogP contribution in [0.5, 0.6) is 0 Å². The number of hydrogen-bond donors (Lipinski definition) is 1. The van der Waals surface area contributed by atoms with Crippen molar-refractivity contribution >= 4 is 0 Å². The Morgan fingerprint density at radius 2 is 2.08 bits per heavy atom. The minimum absolute atomic E-state index is 0.113. The van der Waals surface area contributed by atoms with Crippen molar-refractivity contribution in [2.24, 2.45) is 5.73 Å². The summed E-state index contributed by atoms with van der Waals surface area (Å²) in [6, 6.07) is 3.92. The second-order valence-electron chi connectivity index (χ2n) is 3.09. The van der Waals surface area contributed by atoms with Crippen LogP contribution in [0.1, 0.15) is 12.5 Å². The molecule has 13 heavy (non-hydrogen) atoms. The van der Waals surface area contributed by atoms with Gasteiger partial charge < -0.3 is 5.73 Å². The molecule has 0 saturated heterocycles. The van der Waals surface area contributed by atoms with Gasteiger partial charge in [0.05, 0.1) is 5.54 Å². The molecule has 1 aromatic rings. The first kappa shape index (κ1) is 9.86. The van der Waals surface area contributed by atoms with Crippen LogP contribution in [0.25, 0.3) is 0 Å². The molecule has 1 nitrogen and oxygen atoms in total. The van der Waals surface area contributed by atoms with E-state index in [9.17, 15) is 8.78 Å². The summed E-state index contributed by atoms with van der Waals surface area (Å²) in [5.74, 6) is -1.80. The van der Waals surface area contributed by atoms with Crippen molar-refractivity contribution in [3.8, 4) is 0 Å². The summed E-state index contributed by atoms with van der Waals surface area (Å²) in [5, 5.41) is 0. The van der Waals surface area contributed by atoms with Gasteiger partial charge in [-0.25, -0.2) is 8.78 Å². The summed E-state index contributed by atoms with van der Waals surface area (Å²) in [6.07, 6.45) is 1.38. The predicted octanol–water partition coefficient (Wildman–Crippen LogP) is 2.32. The zero-order valence-corrected chi connectivity index (χ0v) is 7.35. The van der Waals surface area contributed by atoms with Crippen LogP contribution < -0.4 is 5.73 Å². The van der Waals surface area contributed by atoms with Crippen molar-refractivity contribution in [3.05, 3.63) is 48.1 Å². The van der Waals surface area contributed by atoms with Gasteiger partial charge in [-0.3, -0.25) is 0 Å². The molecule has 0 saturated carbocycles. The van der Waals surface area contributed by atoms with Crippen molar-refractivity contribution in [3.63, 3.8) is 0 Å². The molecule has 0 aliphatic carbocycles. The summed E-state index contributed by atoms with van der Waals surface area (Å²) in [6.45, 7) is 5.03. The number of nitrogens with two attached hydrogens (primary N) is 1. The van der Waals surface area contributed by atoms with Crippen LogP contribution in [0.3, 0.4) is 0 Å². The van der Waals surface area contributed by atoms with Crippen LogP contribution in [0, 0.1) is 11.6 Å². The molecule has 0 unspecified atom stereocenters. The SMILES string of the molecule is C=C[C@@](C)(N)c1cccc(F)c1F. The zero-order valence-electron chi connectivity index (χ0n) is 7.35. The van der Waals surface area contributed by atoms with Crippen LogP contribution in [0.4, 0.5) is 8.78 Å². The van der Waals surface area contributed by atoms with E-state index in [4.69, 9.17) is 5.73 Å². The first-order chi connectivity index (χ1) is 5.99. The summed E-state index contributed by atoms with van der Waals surface area (Å²) in [5.41, 5.74) is 4.76. The molecule has 0 bridgehead atoms. The average Bonchev–Trinajstić information content (AvgIpc) is 2.09. The number of rotatable bonds is 2. The Morgan fingerprint density at radius 1 is 1.46 bits per heavy atom. The fourth-order valence-electron chi connectivity index (χ4n) is 1.03. The first-order valence-corrected chi connectivity index (χ1v) is 3.86. The maximum absolute atomic E-state index is 13.2. The van der Waals surface area contributed by atoms with Crippen LogP contribution >= 0.6 is 0 Å². The van der Waals surface area contributed by atoms with Crippen molar-refractivity contribution in [1.29, 1.82) is 0 Å². The fourth-order valence-corrected chi connectivity index (χ4v) is 1.03. The van der Waals surface area contributed by atoms with Gasteiger partial charge in [-0.15, -0.1) is 6.58 Å². The van der Waals surface area contributed by atoms with E-state index < -0.39 is 17.2 Å². The molecule has 1 rings (SSSR count). The number of benzene rings is 1. The molecule has 0 aromatic heterocycles. The van der Waals surface area contributed by atoms with Gasteiger partial charge in [-0.1, -0.05) is 18.2 Å². The number of halogens is 2. The third-order valence-corrected chi connectivity index (χ3v) is 1.96. The van der Waals surface area contributed by atoms with Crippen molar-refractivity contribution < 1.29 is 8.78 Å². The van der Waals surface area contributed by atoms with Crippen LogP contribution in [0.2, 0.25) is 0 Å². The van der Waals surface area contributed by atoms with Crippen LogP contribution in [-0.2, 0) is 5.54 Å². The van der Waals surface area contributed by atoms with E-state index in [2.05, 4.69) is 6.58 Å². The Bertz CT molecular complexity index is 332. The van der Waals surface area contributed by atoms with Gasteiger partial charge in [0, 0.05) is 5.56 Å². The van der Waals surface area contributed by atoms with Crippen LogP contribution in [0.15, 0.2) is 30.9 Å². The molecule has 2 N–H and O–H groups in total. The summed E-state index contributed by atoms with van der Waals surface area (Å²) < 4.78 is 26.0. The summed E-state index contributed by atoms with van der Waals surface area (Å²) in [4.78, 5) is 0. The molecule has 0 aliphatic rings. The van der Waals surface area contributed by atoms with Gasteiger partial charge in [0.15, 0.2) is 11.6 Å². The normalized spacial score (nSPS) is 15.1. The molecular weight excluding hydrogens is 172 g/mol. The molecule has 1 atom stereocenters. The first-order valence-electron chi connectivity index (χ1n) is 3.86. The summed E-state index contributed by atoms with van der Waals surface area (Å²) >= 11 is 0. The average molecular weight is 183 g/mol. The maximum atomic E-state index is 13.2. The van der Waals surface area contributed by atoms with Crippen molar-refractivity contribution in [2.45, 2.75) is 12.5 Å². The molecule has 0 amide bonds. The van der Waals surface area contributed by atoms with E-state index in [1.165, 1.54) is 18.2 Å². The van der Waals surface area contributed by atoms with Gasteiger partial charge in [0.25, 0.3) is 0 Å². The van der Waals surface area contributed by atoms with Crippen molar-refractivity contribution in [1.82, 2.24) is 0 Å². The zero-order chi connectivity index (χ0) is 10.1. The molecule has 70 valence electrons. The number of hydrogen-bond acceptors (Lipinski definition) is 1. The monoisotopic (exact) mass is 183 g/mol. The largest absolute Gasteiger partial charge is 0.318 e. The Labute approximate surface area is 75.9 Å². The van der Waals surface area contributed by atoms with Gasteiger partial charge in [0.2, 0.25) is 0 Å². The van der Waals surface area contributed by atoms with Gasteiger partial charge >= 0.3 is 0 Å². The summed E-state index contributed by atoms with van der Waals surface area (Å²) in [7, 11) is 0. The lowest BCUT2D eigenvalue weighted by atomic mass is 9.93. The lowest BCUT2D eigenvalue weighted by molar-refractivity contribution is 0.473. The molecule has 0 heterocycles. The smallest absolute Gasteiger partial charge is 0.164 e. The second kappa shape index (κ2) is 3.26. The Balaban J connectivity index is 3.30. The lowest BCUT2D eigenvalue weighted by Gasteiger charge is -2.20. The van der Waals surface area contributed by atoms with Gasteiger partial charge in [0.1, 0.15) is 0 Å². The predicted molar refractivity (Wildman–Crippen MR) is 48.1 cm³/mol. The van der Waals surface area contributed by atoms with Crippen LogP contribution in [-0.4, -0.2) is 0 Å². The quantitative estimate of drug-likeness (QED) is 0.699. The third kappa shape index (κ3) is 1.75. The van der Waals surface area contributed by atoms with E-state index in [0.29, 0.717) is 0 Å². The minimum Gasteiger partial charge on any atom is -0.318 e. The Morgan fingerprint density at radius 3 is 2.62 bits per heavy atom. The van der Waals surface area contributed by atoms with Gasteiger partial charge in [-0.2, -0.15) is 0 Å². The standard InChI is InChI=1S/C10H11F2N/c1-3-10(2,13)7-5-4-6-8(11)9(7)12/h3-6H,1,13H2,2H3/t10-/m1/s1. The fraction of sp³-hybridized carbons (Fsp3) is 0.200. The molecule has 3 heteroatoms. The lowest BCUT2D eigenvalue weighted by Crippen LogP contribution is -2.31. The highest BCUT2D eigenvalue weighted by molar-refractivity contribution is 5.29. The molecular formula is C10H11F2N. The Kier molecular flexibility index (Phi) is 2.48. The highest BCUT2D eigenvalue weighted by atomic mass is 19.2. The topological polar surface area (TPSA) is 26.0 Å². The molecule has 1 aromatic carbocycles. The third-order valence-electron chi connectivity index (χ3n) is 1.96. The van der Waals surface area contributed by atoms with E-state index in [1.54, 1.807) is 6.92 Å². The van der Waals surface area contributed by atoms with E-state index in [0.717, 1.165) is 6.07 Å². The highest BCUT2D eigenvalue weighted by Crippen LogP contribution is 2.23. The van der Waals surface area contributed by atoms with Crippen molar-refractivity contribution in [2.75, 3.05) is 0 Å². The maximum Gasteiger partial charge on any atom is 0.164 e. The van der Waals surface area contributed by atoms with Gasteiger partial charge in [-0.05, 0) is 13.0 Å². The molecule has 0 radical (unpaired) electrons. The van der Waals surface area contributed by atoms with E-state index >= 15 is 0 Å².